The number of aliphatic carboxylic acids is 1. The van der Waals surface area contributed by atoms with Crippen molar-refractivity contribution >= 4 is 34.0 Å². The Morgan fingerprint density at radius 2 is 1.84 bits per heavy atom. The average molecular weight is 356 g/mol. The highest BCUT2D eigenvalue weighted by Gasteiger charge is 2.25. The summed E-state index contributed by atoms with van der Waals surface area (Å²) in [6, 6.07) is 11.8. The van der Waals surface area contributed by atoms with E-state index in [0.29, 0.717) is 11.1 Å². The molecule has 3 nitrogen and oxygen atoms in total. The standard InChI is InChI=1S/C20H17FO3S/c1-12-17(9-13-3-6-15(7-4-13)25(2)24)16-8-5-14(21)10-19(16)18(12)11-20(22)23/h3-10H,11H2,1-2H3,(H,22,23)/b17-9+/t25-/m0/s1. The molecule has 5 heteroatoms. The van der Waals surface area contributed by atoms with E-state index in [4.69, 9.17) is 5.11 Å². The lowest BCUT2D eigenvalue weighted by atomic mass is 10.0. The zero-order valence-corrected chi connectivity index (χ0v) is 14.7. The first-order valence-corrected chi connectivity index (χ1v) is 9.30. The lowest BCUT2D eigenvalue weighted by Crippen LogP contribution is -1.97. The van der Waals surface area contributed by atoms with Crippen LogP contribution in [0.3, 0.4) is 0 Å². The fourth-order valence-electron chi connectivity index (χ4n) is 3.05. The van der Waals surface area contributed by atoms with Crippen molar-refractivity contribution in [2.75, 3.05) is 6.26 Å². The van der Waals surface area contributed by atoms with Crippen LogP contribution in [0, 0.1) is 5.82 Å². The number of rotatable bonds is 4. The molecule has 0 saturated heterocycles. The highest BCUT2D eigenvalue weighted by atomic mass is 32.2. The van der Waals surface area contributed by atoms with Crippen LogP contribution in [0.4, 0.5) is 4.39 Å². The van der Waals surface area contributed by atoms with Gasteiger partial charge in [-0.25, -0.2) is 4.39 Å². The predicted molar refractivity (Wildman–Crippen MR) is 97.9 cm³/mol. The van der Waals surface area contributed by atoms with Crippen LogP contribution in [0.1, 0.15) is 30.0 Å². The first kappa shape index (κ1) is 17.3. The molecule has 128 valence electrons. The first-order chi connectivity index (χ1) is 11.9. The highest BCUT2D eigenvalue weighted by Crippen LogP contribution is 2.43. The van der Waals surface area contributed by atoms with Crippen molar-refractivity contribution < 1.29 is 18.5 Å². The van der Waals surface area contributed by atoms with Gasteiger partial charge in [0.05, 0.1) is 6.42 Å². The molecule has 25 heavy (non-hydrogen) atoms. The largest absolute Gasteiger partial charge is 0.481 e. The maximum absolute atomic E-state index is 13.7. The molecule has 1 N–H and O–H groups in total. The van der Waals surface area contributed by atoms with Crippen LogP contribution in [0.15, 0.2) is 52.9 Å². The second-order valence-electron chi connectivity index (χ2n) is 5.95. The van der Waals surface area contributed by atoms with E-state index in [1.807, 2.05) is 25.1 Å². The Kier molecular flexibility index (Phi) is 4.68. The van der Waals surface area contributed by atoms with Crippen molar-refractivity contribution in [1.82, 2.24) is 0 Å². The Labute approximate surface area is 148 Å². The molecular formula is C20H17FO3S. The molecule has 0 aromatic heterocycles. The normalized spacial score (nSPS) is 16.2. The second kappa shape index (κ2) is 6.76. The third-order valence-electron chi connectivity index (χ3n) is 4.30. The molecular weight excluding hydrogens is 339 g/mol. The van der Waals surface area contributed by atoms with Gasteiger partial charge in [0.2, 0.25) is 0 Å². The summed E-state index contributed by atoms with van der Waals surface area (Å²) in [6.07, 6.45) is 3.43. The zero-order chi connectivity index (χ0) is 18.1. The van der Waals surface area contributed by atoms with Gasteiger partial charge in [0, 0.05) is 22.0 Å². The molecule has 0 bridgehead atoms. The Morgan fingerprint density at radius 3 is 2.44 bits per heavy atom. The van der Waals surface area contributed by atoms with E-state index in [-0.39, 0.29) is 12.2 Å². The smallest absolute Gasteiger partial charge is 0.307 e. The number of hydrogen-bond donors (Lipinski definition) is 1. The van der Waals surface area contributed by atoms with E-state index in [2.05, 4.69) is 0 Å². The van der Waals surface area contributed by atoms with Gasteiger partial charge >= 0.3 is 5.97 Å². The van der Waals surface area contributed by atoms with Gasteiger partial charge in [-0.3, -0.25) is 9.00 Å². The van der Waals surface area contributed by atoms with Crippen LogP contribution in [-0.4, -0.2) is 21.5 Å². The first-order valence-electron chi connectivity index (χ1n) is 7.74. The third kappa shape index (κ3) is 3.46. The SMILES string of the molecule is CC1=C(CC(=O)O)c2cc(F)ccc2/C1=C/c1ccc([S@](C)=O)cc1. The van der Waals surface area contributed by atoms with Crippen LogP contribution >= 0.6 is 0 Å². The van der Waals surface area contributed by atoms with Crippen LogP contribution in [-0.2, 0) is 15.6 Å². The summed E-state index contributed by atoms with van der Waals surface area (Å²) in [7, 11) is -1.04. The van der Waals surface area contributed by atoms with Gasteiger partial charge in [0.15, 0.2) is 0 Å². The fourth-order valence-corrected chi connectivity index (χ4v) is 3.57. The minimum Gasteiger partial charge on any atom is -0.481 e. The Hall–Kier alpha value is -2.53. The van der Waals surface area contributed by atoms with Crippen molar-refractivity contribution in [2.24, 2.45) is 0 Å². The van der Waals surface area contributed by atoms with Gasteiger partial charge in [-0.2, -0.15) is 0 Å². The van der Waals surface area contributed by atoms with Crippen molar-refractivity contribution in [1.29, 1.82) is 0 Å². The summed E-state index contributed by atoms with van der Waals surface area (Å²) in [6.45, 7) is 1.86. The van der Waals surface area contributed by atoms with Crippen LogP contribution in [0.5, 0.6) is 0 Å². The minimum atomic E-state index is -1.04. The fraction of sp³-hybridized carbons (Fsp3) is 0.150. The van der Waals surface area contributed by atoms with Crippen molar-refractivity contribution in [3.8, 4) is 0 Å². The van der Waals surface area contributed by atoms with E-state index in [1.54, 1.807) is 24.5 Å². The average Bonchev–Trinajstić information content (AvgIpc) is 2.80. The predicted octanol–water partition coefficient (Wildman–Crippen LogP) is 4.37. The Bertz CT molecular complexity index is 940. The van der Waals surface area contributed by atoms with Crippen LogP contribution < -0.4 is 0 Å². The summed E-state index contributed by atoms with van der Waals surface area (Å²) >= 11 is 0. The van der Waals surface area contributed by atoms with Gasteiger partial charge in [0.1, 0.15) is 5.82 Å². The number of halogens is 1. The summed E-state index contributed by atoms with van der Waals surface area (Å²) in [5, 5.41) is 9.17. The number of carboxylic acids is 1. The monoisotopic (exact) mass is 356 g/mol. The molecule has 0 aliphatic heterocycles. The minimum absolute atomic E-state index is 0.145. The molecule has 0 heterocycles. The number of carboxylic acid groups (broad SMARTS) is 1. The van der Waals surface area contributed by atoms with Gasteiger partial charge in [0.25, 0.3) is 0 Å². The molecule has 1 atom stereocenters. The summed E-state index contributed by atoms with van der Waals surface area (Å²) in [5.41, 5.74) is 4.74. The topological polar surface area (TPSA) is 54.4 Å². The summed E-state index contributed by atoms with van der Waals surface area (Å²) in [5.74, 6) is -1.33. The number of carbonyl (C=O) groups is 1. The number of fused-ring (bicyclic) bond motifs is 1. The summed E-state index contributed by atoms with van der Waals surface area (Å²) in [4.78, 5) is 11.9. The Morgan fingerprint density at radius 1 is 1.16 bits per heavy atom. The van der Waals surface area contributed by atoms with Crippen molar-refractivity contribution in [2.45, 2.75) is 18.2 Å². The van der Waals surface area contributed by atoms with E-state index in [0.717, 1.165) is 27.2 Å². The van der Waals surface area contributed by atoms with E-state index < -0.39 is 16.8 Å². The molecule has 1 aliphatic carbocycles. The summed E-state index contributed by atoms with van der Waals surface area (Å²) < 4.78 is 25.1. The van der Waals surface area contributed by atoms with Crippen molar-refractivity contribution in [3.05, 3.63) is 70.5 Å². The lowest BCUT2D eigenvalue weighted by Gasteiger charge is -2.05. The molecule has 0 unspecified atom stereocenters. The zero-order valence-electron chi connectivity index (χ0n) is 13.9. The lowest BCUT2D eigenvalue weighted by molar-refractivity contribution is -0.135. The molecule has 1 aliphatic rings. The molecule has 3 rings (SSSR count). The van der Waals surface area contributed by atoms with Gasteiger partial charge in [-0.15, -0.1) is 0 Å². The van der Waals surface area contributed by atoms with Gasteiger partial charge in [-0.05, 0) is 70.7 Å². The molecule has 0 amide bonds. The molecule has 0 spiro atoms. The number of hydrogen-bond acceptors (Lipinski definition) is 2. The number of benzene rings is 2. The van der Waals surface area contributed by atoms with E-state index >= 15 is 0 Å². The van der Waals surface area contributed by atoms with E-state index in [1.165, 1.54) is 12.1 Å². The third-order valence-corrected chi connectivity index (χ3v) is 5.24. The highest BCUT2D eigenvalue weighted by molar-refractivity contribution is 7.84. The van der Waals surface area contributed by atoms with Crippen molar-refractivity contribution in [3.63, 3.8) is 0 Å². The molecule has 0 radical (unpaired) electrons. The van der Waals surface area contributed by atoms with Gasteiger partial charge in [-0.1, -0.05) is 18.2 Å². The maximum atomic E-state index is 13.7. The Balaban J connectivity index is 2.10. The van der Waals surface area contributed by atoms with Crippen LogP contribution in [0.25, 0.3) is 17.2 Å². The van der Waals surface area contributed by atoms with Gasteiger partial charge < -0.3 is 5.11 Å². The molecule has 2 aromatic carbocycles. The number of allylic oxidation sites excluding steroid dienone is 2. The molecule has 0 saturated carbocycles. The van der Waals surface area contributed by atoms with E-state index in [9.17, 15) is 13.4 Å². The second-order valence-corrected chi connectivity index (χ2v) is 7.32. The maximum Gasteiger partial charge on any atom is 0.307 e. The quantitative estimate of drug-likeness (QED) is 0.885. The molecule has 2 aromatic rings. The van der Waals surface area contributed by atoms with Crippen LogP contribution in [0.2, 0.25) is 0 Å². The molecule has 0 fully saturated rings.